The summed E-state index contributed by atoms with van der Waals surface area (Å²) >= 11 is 6.20. The summed E-state index contributed by atoms with van der Waals surface area (Å²) in [5.74, 6) is -0.358. The molecule has 1 heterocycles. The maximum atomic E-state index is 13.1. The summed E-state index contributed by atoms with van der Waals surface area (Å²) in [5.41, 5.74) is 2.32. The van der Waals surface area contributed by atoms with Gasteiger partial charge in [-0.15, -0.1) is 0 Å². The van der Waals surface area contributed by atoms with Gasteiger partial charge in [0.1, 0.15) is 4.90 Å². The number of amides is 1. The Morgan fingerprint density at radius 2 is 1.86 bits per heavy atom. The molecule has 6 nitrogen and oxygen atoms in total. The van der Waals surface area contributed by atoms with Crippen molar-refractivity contribution in [3.05, 3.63) is 64.2 Å². The number of rotatable bonds is 5. The van der Waals surface area contributed by atoms with Gasteiger partial charge < -0.3 is 10.1 Å². The van der Waals surface area contributed by atoms with Gasteiger partial charge in [-0.05, 0) is 44.5 Å². The Kier molecular flexibility index (Phi) is 6.63. The minimum atomic E-state index is -3.85. The van der Waals surface area contributed by atoms with Crippen molar-refractivity contribution >= 4 is 27.5 Å². The molecule has 0 saturated carbocycles. The number of ether oxygens (including phenoxy) is 1. The van der Waals surface area contributed by atoms with Gasteiger partial charge in [-0.25, -0.2) is 8.42 Å². The van der Waals surface area contributed by atoms with E-state index >= 15 is 0 Å². The highest BCUT2D eigenvalue weighted by atomic mass is 35.5. The largest absolute Gasteiger partial charge is 0.373 e. The van der Waals surface area contributed by atoms with Crippen LogP contribution in [0.1, 0.15) is 35.3 Å². The summed E-state index contributed by atoms with van der Waals surface area (Å²) in [6.07, 6.45) is -0.429. The molecule has 29 heavy (non-hydrogen) atoms. The van der Waals surface area contributed by atoms with Crippen molar-refractivity contribution in [2.24, 2.45) is 0 Å². The smallest absolute Gasteiger partial charge is 0.251 e. The summed E-state index contributed by atoms with van der Waals surface area (Å²) in [5, 5.41) is 2.91. The first-order chi connectivity index (χ1) is 13.7. The lowest BCUT2D eigenvalue weighted by Crippen LogP contribution is -2.48. The minimum Gasteiger partial charge on any atom is -0.373 e. The molecule has 2 unspecified atom stereocenters. The standard InChI is InChI=1S/C21H25ClN2O4S/c1-14-5-4-6-17(9-14)11-23-21(25)18-7-8-19(22)20(10-18)29(26,27)24-12-15(2)28-16(3)13-24/h4-10,15-16H,11-13H2,1-3H3,(H,23,25). The highest BCUT2D eigenvalue weighted by molar-refractivity contribution is 7.89. The first-order valence-electron chi connectivity index (χ1n) is 9.45. The number of aryl methyl sites for hydroxylation is 1. The van der Waals surface area contributed by atoms with Crippen LogP contribution in [0.15, 0.2) is 47.4 Å². The molecule has 8 heteroatoms. The predicted octanol–water partition coefficient (Wildman–Crippen LogP) is 3.38. The zero-order chi connectivity index (χ0) is 21.2. The van der Waals surface area contributed by atoms with Gasteiger partial charge in [0.2, 0.25) is 10.0 Å². The molecular weight excluding hydrogens is 412 g/mol. The lowest BCUT2D eigenvalue weighted by molar-refractivity contribution is -0.0440. The minimum absolute atomic E-state index is 0.0660. The SMILES string of the molecule is Cc1cccc(CNC(=O)c2ccc(Cl)c(S(=O)(=O)N3CC(C)OC(C)C3)c2)c1. The molecular formula is C21H25ClN2O4S. The Bertz CT molecular complexity index is 999. The zero-order valence-corrected chi connectivity index (χ0v) is 18.3. The summed E-state index contributed by atoms with van der Waals surface area (Å²) in [6, 6.07) is 12.1. The lowest BCUT2D eigenvalue weighted by Gasteiger charge is -2.34. The maximum absolute atomic E-state index is 13.1. The molecule has 1 saturated heterocycles. The highest BCUT2D eigenvalue weighted by Gasteiger charge is 2.33. The molecule has 1 N–H and O–H groups in total. The molecule has 1 aliphatic rings. The number of hydrogen-bond acceptors (Lipinski definition) is 4. The Morgan fingerprint density at radius 1 is 1.17 bits per heavy atom. The molecule has 3 rings (SSSR count). The second-order valence-corrected chi connectivity index (χ2v) is 9.71. The van der Waals surface area contributed by atoms with Crippen molar-refractivity contribution in [1.82, 2.24) is 9.62 Å². The van der Waals surface area contributed by atoms with Crippen LogP contribution in [0.2, 0.25) is 5.02 Å². The fourth-order valence-electron chi connectivity index (χ4n) is 3.41. The number of carbonyl (C=O) groups is 1. The van der Waals surface area contributed by atoms with Gasteiger partial charge in [-0.2, -0.15) is 4.31 Å². The highest BCUT2D eigenvalue weighted by Crippen LogP contribution is 2.28. The zero-order valence-electron chi connectivity index (χ0n) is 16.7. The molecule has 0 aliphatic carbocycles. The van der Waals surface area contributed by atoms with Crippen molar-refractivity contribution in [3.8, 4) is 0 Å². The topological polar surface area (TPSA) is 75.7 Å². The molecule has 0 spiro atoms. The van der Waals surface area contributed by atoms with Crippen LogP contribution in [0.4, 0.5) is 0 Å². The van der Waals surface area contributed by atoms with Crippen LogP contribution >= 0.6 is 11.6 Å². The Hall–Kier alpha value is -1.93. The van der Waals surface area contributed by atoms with E-state index < -0.39 is 10.0 Å². The van der Waals surface area contributed by atoms with Crippen molar-refractivity contribution in [2.45, 2.75) is 44.4 Å². The van der Waals surface area contributed by atoms with Crippen LogP contribution in [-0.2, 0) is 21.3 Å². The number of nitrogens with one attached hydrogen (secondary N) is 1. The number of benzene rings is 2. The number of hydrogen-bond donors (Lipinski definition) is 1. The molecule has 2 aromatic carbocycles. The van der Waals surface area contributed by atoms with Gasteiger partial charge in [-0.1, -0.05) is 41.4 Å². The van der Waals surface area contributed by atoms with Crippen LogP contribution in [0, 0.1) is 6.92 Å². The van der Waals surface area contributed by atoms with Crippen molar-refractivity contribution in [2.75, 3.05) is 13.1 Å². The number of morpholine rings is 1. The Morgan fingerprint density at radius 3 is 2.52 bits per heavy atom. The maximum Gasteiger partial charge on any atom is 0.251 e. The van der Waals surface area contributed by atoms with Gasteiger partial charge >= 0.3 is 0 Å². The van der Waals surface area contributed by atoms with Crippen molar-refractivity contribution in [3.63, 3.8) is 0 Å². The molecule has 1 amide bonds. The van der Waals surface area contributed by atoms with E-state index in [0.717, 1.165) is 11.1 Å². The van der Waals surface area contributed by atoms with Crippen LogP contribution in [0.3, 0.4) is 0 Å². The average molecular weight is 437 g/mol. The quantitative estimate of drug-likeness (QED) is 0.779. The summed E-state index contributed by atoms with van der Waals surface area (Å²) < 4.78 is 33.3. The van der Waals surface area contributed by atoms with Crippen molar-refractivity contribution < 1.29 is 17.9 Å². The van der Waals surface area contributed by atoms with Crippen LogP contribution in [0.5, 0.6) is 0 Å². The van der Waals surface area contributed by atoms with Crippen LogP contribution < -0.4 is 5.32 Å². The van der Waals surface area contributed by atoms with E-state index in [-0.39, 0.29) is 46.7 Å². The lowest BCUT2D eigenvalue weighted by atomic mass is 10.1. The second kappa shape index (κ2) is 8.83. The third-order valence-electron chi connectivity index (χ3n) is 4.73. The van der Waals surface area contributed by atoms with E-state index in [9.17, 15) is 13.2 Å². The normalized spacial score (nSPS) is 20.4. The Balaban J connectivity index is 1.81. The number of carbonyl (C=O) groups excluding carboxylic acids is 1. The van der Waals surface area contributed by atoms with Gasteiger partial charge in [0.15, 0.2) is 0 Å². The van der Waals surface area contributed by atoms with E-state index in [1.54, 1.807) is 0 Å². The van der Waals surface area contributed by atoms with Crippen molar-refractivity contribution in [1.29, 1.82) is 0 Å². The molecule has 0 bridgehead atoms. The molecule has 2 aromatic rings. The van der Waals surface area contributed by atoms with Crippen LogP contribution in [0.25, 0.3) is 0 Å². The van der Waals surface area contributed by atoms with E-state index in [1.165, 1.54) is 22.5 Å². The van der Waals surface area contributed by atoms with Gasteiger partial charge in [0.25, 0.3) is 5.91 Å². The third kappa shape index (κ3) is 5.17. The van der Waals surface area contributed by atoms with Gasteiger partial charge in [0.05, 0.1) is 17.2 Å². The first kappa shape index (κ1) is 21.8. The number of sulfonamides is 1. The van der Waals surface area contributed by atoms with Gasteiger partial charge in [0, 0.05) is 25.2 Å². The summed E-state index contributed by atoms with van der Waals surface area (Å²) in [6.45, 7) is 6.47. The monoisotopic (exact) mass is 436 g/mol. The summed E-state index contributed by atoms with van der Waals surface area (Å²) in [4.78, 5) is 12.5. The molecule has 0 radical (unpaired) electrons. The first-order valence-corrected chi connectivity index (χ1v) is 11.3. The average Bonchev–Trinajstić information content (AvgIpc) is 2.65. The fourth-order valence-corrected chi connectivity index (χ4v) is 5.51. The fraction of sp³-hybridized carbons (Fsp3) is 0.381. The molecule has 1 aliphatic heterocycles. The van der Waals surface area contributed by atoms with E-state index in [1.807, 2.05) is 45.0 Å². The van der Waals surface area contributed by atoms with E-state index in [4.69, 9.17) is 16.3 Å². The number of halogens is 1. The van der Waals surface area contributed by atoms with Crippen LogP contribution in [-0.4, -0.2) is 43.9 Å². The summed E-state index contributed by atoms with van der Waals surface area (Å²) in [7, 11) is -3.85. The second-order valence-electron chi connectivity index (χ2n) is 7.40. The van der Waals surface area contributed by atoms with E-state index in [2.05, 4.69) is 5.32 Å². The molecule has 156 valence electrons. The molecule has 0 aromatic heterocycles. The third-order valence-corrected chi connectivity index (χ3v) is 7.05. The number of nitrogens with zero attached hydrogens (tertiary/aromatic N) is 1. The molecule has 1 fully saturated rings. The predicted molar refractivity (Wildman–Crippen MR) is 113 cm³/mol. The van der Waals surface area contributed by atoms with E-state index in [0.29, 0.717) is 6.54 Å². The van der Waals surface area contributed by atoms with Gasteiger partial charge in [-0.3, -0.25) is 4.79 Å². The molecule has 2 atom stereocenters. The Labute approximate surface area is 176 Å².